The molecule has 3 heterocycles. The zero-order valence-electron chi connectivity index (χ0n) is 14.0. The first-order valence-electron chi connectivity index (χ1n) is 8.39. The zero-order valence-corrected chi connectivity index (χ0v) is 14.7. The molecule has 3 aromatic rings. The van der Waals surface area contributed by atoms with E-state index in [0.717, 1.165) is 11.6 Å². The molecule has 6 nitrogen and oxygen atoms in total. The molecule has 1 saturated heterocycles. The lowest BCUT2D eigenvalue weighted by atomic mass is 10.1. The van der Waals surface area contributed by atoms with Gasteiger partial charge < -0.3 is 9.80 Å². The van der Waals surface area contributed by atoms with Crippen LogP contribution in [0.3, 0.4) is 0 Å². The average molecular weight is 374 g/mol. The molecular formula is C18H17ClFN5O. The predicted octanol–water partition coefficient (Wildman–Crippen LogP) is 2.41. The number of rotatable bonds is 3. The van der Waals surface area contributed by atoms with Gasteiger partial charge in [-0.15, -0.1) is 10.2 Å². The summed E-state index contributed by atoms with van der Waals surface area (Å²) in [5, 5.41) is 8.69. The Morgan fingerprint density at radius 2 is 1.88 bits per heavy atom. The van der Waals surface area contributed by atoms with Gasteiger partial charge in [0.2, 0.25) is 11.9 Å². The average Bonchev–Trinajstić information content (AvgIpc) is 3.09. The summed E-state index contributed by atoms with van der Waals surface area (Å²) in [6.07, 6.45) is 1.89. The fourth-order valence-electron chi connectivity index (χ4n) is 3.16. The largest absolute Gasteiger partial charge is 0.339 e. The minimum Gasteiger partial charge on any atom is -0.339 e. The van der Waals surface area contributed by atoms with Crippen LogP contribution in [-0.4, -0.2) is 51.6 Å². The van der Waals surface area contributed by atoms with Gasteiger partial charge >= 0.3 is 0 Å². The number of hydrogen-bond acceptors (Lipinski definition) is 4. The van der Waals surface area contributed by atoms with Crippen molar-refractivity contribution in [1.29, 1.82) is 0 Å². The van der Waals surface area contributed by atoms with E-state index in [9.17, 15) is 9.18 Å². The summed E-state index contributed by atoms with van der Waals surface area (Å²) >= 11 is 6.02. The Labute approximate surface area is 154 Å². The van der Waals surface area contributed by atoms with E-state index in [1.807, 2.05) is 28.8 Å². The SMILES string of the molecule is O=C(Cc1c(F)cccc1Cl)N1CCN(c2nnc3ccccn23)CC1. The number of aromatic nitrogens is 3. The first-order chi connectivity index (χ1) is 12.6. The number of piperazine rings is 1. The summed E-state index contributed by atoms with van der Waals surface area (Å²) in [5.41, 5.74) is 1.04. The van der Waals surface area contributed by atoms with Crippen molar-refractivity contribution in [3.05, 3.63) is 59.0 Å². The van der Waals surface area contributed by atoms with Crippen LogP contribution in [0.2, 0.25) is 5.02 Å². The summed E-state index contributed by atoms with van der Waals surface area (Å²) in [5.74, 6) is 0.201. The molecular weight excluding hydrogens is 357 g/mol. The molecule has 1 amide bonds. The Morgan fingerprint density at radius 1 is 1.08 bits per heavy atom. The van der Waals surface area contributed by atoms with E-state index in [2.05, 4.69) is 15.1 Å². The molecule has 26 heavy (non-hydrogen) atoms. The van der Waals surface area contributed by atoms with Crippen LogP contribution >= 0.6 is 11.6 Å². The van der Waals surface area contributed by atoms with Crippen molar-refractivity contribution in [2.45, 2.75) is 6.42 Å². The summed E-state index contributed by atoms with van der Waals surface area (Å²) in [4.78, 5) is 16.4. The number of carbonyl (C=O) groups excluding carboxylic acids is 1. The standard InChI is InChI=1S/C18H17ClFN5O/c19-14-4-3-5-15(20)13(14)12-17(26)23-8-10-24(11-9-23)18-22-21-16-6-1-2-7-25(16)18/h1-7H,8-12H2. The highest BCUT2D eigenvalue weighted by molar-refractivity contribution is 6.31. The van der Waals surface area contributed by atoms with Crippen molar-refractivity contribution in [2.75, 3.05) is 31.1 Å². The first kappa shape index (κ1) is 16.8. The van der Waals surface area contributed by atoms with Gasteiger partial charge in [0.15, 0.2) is 5.65 Å². The summed E-state index contributed by atoms with van der Waals surface area (Å²) in [7, 11) is 0. The maximum atomic E-state index is 13.9. The van der Waals surface area contributed by atoms with Crippen molar-refractivity contribution in [3.63, 3.8) is 0 Å². The number of pyridine rings is 1. The van der Waals surface area contributed by atoms with Crippen LogP contribution in [0.15, 0.2) is 42.6 Å². The van der Waals surface area contributed by atoms with E-state index in [1.54, 1.807) is 11.0 Å². The van der Waals surface area contributed by atoms with Crippen LogP contribution < -0.4 is 4.90 Å². The van der Waals surface area contributed by atoms with E-state index in [4.69, 9.17) is 11.6 Å². The maximum Gasteiger partial charge on any atom is 0.231 e. The number of fused-ring (bicyclic) bond motifs is 1. The lowest BCUT2D eigenvalue weighted by Crippen LogP contribution is -2.49. The van der Waals surface area contributed by atoms with Crippen molar-refractivity contribution >= 4 is 29.1 Å². The van der Waals surface area contributed by atoms with Gasteiger partial charge in [-0.25, -0.2) is 4.39 Å². The molecule has 0 N–H and O–H groups in total. The molecule has 2 aromatic heterocycles. The highest BCUT2D eigenvalue weighted by Gasteiger charge is 2.25. The number of halogens is 2. The van der Waals surface area contributed by atoms with Gasteiger partial charge in [0.1, 0.15) is 5.82 Å². The van der Waals surface area contributed by atoms with Gasteiger partial charge in [0.25, 0.3) is 0 Å². The number of hydrogen-bond donors (Lipinski definition) is 0. The van der Waals surface area contributed by atoms with E-state index in [1.165, 1.54) is 12.1 Å². The minimum atomic E-state index is -0.445. The second kappa shape index (κ2) is 6.92. The van der Waals surface area contributed by atoms with Gasteiger partial charge in [0, 0.05) is 43.0 Å². The molecule has 0 spiro atoms. The summed E-state index contributed by atoms with van der Waals surface area (Å²) in [6.45, 7) is 2.39. The van der Waals surface area contributed by atoms with Crippen molar-refractivity contribution < 1.29 is 9.18 Å². The highest BCUT2D eigenvalue weighted by Crippen LogP contribution is 2.21. The summed E-state index contributed by atoms with van der Waals surface area (Å²) < 4.78 is 15.8. The number of anilines is 1. The van der Waals surface area contributed by atoms with Gasteiger partial charge in [0.05, 0.1) is 6.42 Å². The maximum absolute atomic E-state index is 13.9. The predicted molar refractivity (Wildman–Crippen MR) is 96.9 cm³/mol. The van der Waals surface area contributed by atoms with Gasteiger partial charge in [-0.1, -0.05) is 23.7 Å². The van der Waals surface area contributed by atoms with Crippen LogP contribution in [0.1, 0.15) is 5.56 Å². The van der Waals surface area contributed by atoms with Crippen molar-refractivity contribution in [2.24, 2.45) is 0 Å². The summed E-state index contributed by atoms with van der Waals surface area (Å²) in [6, 6.07) is 10.2. The lowest BCUT2D eigenvalue weighted by Gasteiger charge is -2.34. The number of carbonyl (C=O) groups is 1. The van der Waals surface area contributed by atoms with Crippen molar-refractivity contribution in [1.82, 2.24) is 19.5 Å². The molecule has 0 saturated carbocycles. The Balaban J connectivity index is 1.43. The van der Waals surface area contributed by atoms with Crippen LogP contribution in [0.4, 0.5) is 10.3 Å². The van der Waals surface area contributed by atoms with Crippen molar-refractivity contribution in [3.8, 4) is 0 Å². The molecule has 1 aliphatic heterocycles. The molecule has 1 fully saturated rings. The molecule has 1 aliphatic rings. The quantitative estimate of drug-likeness (QED) is 0.707. The smallest absolute Gasteiger partial charge is 0.231 e. The van der Waals surface area contributed by atoms with E-state index >= 15 is 0 Å². The molecule has 0 bridgehead atoms. The minimum absolute atomic E-state index is 0.0284. The van der Waals surface area contributed by atoms with Crippen LogP contribution in [0.25, 0.3) is 5.65 Å². The Bertz CT molecular complexity index is 931. The molecule has 0 radical (unpaired) electrons. The van der Waals surface area contributed by atoms with Gasteiger partial charge in [-0.2, -0.15) is 0 Å². The topological polar surface area (TPSA) is 53.7 Å². The fourth-order valence-corrected chi connectivity index (χ4v) is 3.39. The monoisotopic (exact) mass is 373 g/mol. The van der Waals surface area contributed by atoms with E-state index < -0.39 is 5.82 Å². The second-order valence-corrected chi connectivity index (χ2v) is 6.58. The first-order valence-corrected chi connectivity index (χ1v) is 8.76. The van der Waals surface area contributed by atoms with Crippen LogP contribution in [0, 0.1) is 5.82 Å². The lowest BCUT2D eigenvalue weighted by molar-refractivity contribution is -0.130. The van der Waals surface area contributed by atoms with E-state index in [-0.39, 0.29) is 22.9 Å². The molecule has 1 aromatic carbocycles. The third-order valence-electron chi connectivity index (χ3n) is 4.60. The Kier molecular flexibility index (Phi) is 4.46. The number of benzene rings is 1. The number of amides is 1. The fraction of sp³-hybridized carbons (Fsp3) is 0.278. The van der Waals surface area contributed by atoms with E-state index in [0.29, 0.717) is 26.2 Å². The van der Waals surface area contributed by atoms with Crippen LogP contribution in [0.5, 0.6) is 0 Å². The molecule has 0 atom stereocenters. The Hall–Kier alpha value is -2.67. The molecule has 0 aliphatic carbocycles. The zero-order chi connectivity index (χ0) is 18.1. The molecule has 0 unspecified atom stereocenters. The molecule has 4 rings (SSSR count). The third kappa shape index (κ3) is 3.10. The van der Waals surface area contributed by atoms with Gasteiger partial charge in [-0.3, -0.25) is 9.20 Å². The van der Waals surface area contributed by atoms with Crippen LogP contribution in [-0.2, 0) is 11.2 Å². The van der Waals surface area contributed by atoms with Gasteiger partial charge in [-0.05, 0) is 24.3 Å². The molecule has 134 valence electrons. The number of nitrogens with zero attached hydrogens (tertiary/aromatic N) is 5. The molecule has 8 heteroatoms. The normalized spacial score (nSPS) is 14.8. The highest BCUT2D eigenvalue weighted by atomic mass is 35.5. The second-order valence-electron chi connectivity index (χ2n) is 6.17. The Morgan fingerprint density at radius 3 is 2.65 bits per heavy atom. The third-order valence-corrected chi connectivity index (χ3v) is 4.95.